The van der Waals surface area contributed by atoms with Crippen molar-refractivity contribution in [1.82, 2.24) is 4.57 Å². The summed E-state index contributed by atoms with van der Waals surface area (Å²) in [5, 5.41) is 4.71. The lowest BCUT2D eigenvalue weighted by atomic mass is 10.2. The maximum atomic E-state index is 13.5. The number of thiophene rings is 1. The van der Waals surface area contributed by atoms with Crippen LogP contribution in [0.3, 0.4) is 0 Å². The number of amides is 1. The molecule has 2 heterocycles. The van der Waals surface area contributed by atoms with Crippen LogP contribution in [0.25, 0.3) is 0 Å². The molecule has 7 heteroatoms. The highest BCUT2D eigenvalue weighted by Crippen LogP contribution is 2.36. The zero-order chi connectivity index (χ0) is 21.3. The summed E-state index contributed by atoms with van der Waals surface area (Å²) in [7, 11) is -3.80. The average Bonchev–Trinajstić information content (AvgIpc) is 3.26. The lowest BCUT2D eigenvalue weighted by Gasteiger charge is -2.16. The molecule has 0 saturated carbocycles. The fourth-order valence-electron chi connectivity index (χ4n) is 3.29. The lowest BCUT2D eigenvalue weighted by molar-refractivity contribution is 0.102. The van der Waals surface area contributed by atoms with Gasteiger partial charge in [0.2, 0.25) is 9.84 Å². The monoisotopic (exact) mass is 430 g/mol. The minimum absolute atomic E-state index is 0.171. The Labute approximate surface area is 176 Å². The van der Waals surface area contributed by atoms with Gasteiger partial charge in [0.1, 0.15) is 10.7 Å². The van der Waals surface area contributed by atoms with Crippen molar-refractivity contribution >= 4 is 32.9 Å². The van der Waals surface area contributed by atoms with Crippen LogP contribution in [0.4, 0.5) is 5.82 Å². The zero-order valence-electron chi connectivity index (χ0n) is 17.3. The van der Waals surface area contributed by atoms with Gasteiger partial charge in [-0.15, -0.1) is 11.3 Å². The number of benzene rings is 1. The quantitative estimate of drug-likeness (QED) is 0.583. The van der Waals surface area contributed by atoms with Gasteiger partial charge in [-0.05, 0) is 55.8 Å². The molecule has 2 aromatic heterocycles. The van der Waals surface area contributed by atoms with Crippen LogP contribution in [-0.4, -0.2) is 18.9 Å². The average molecular weight is 431 g/mol. The molecule has 1 amide bonds. The van der Waals surface area contributed by atoms with Gasteiger partial charge in [-0.2, -0.15) is 0 Å². The van der Waals surface area contributed by atoms with Gasteiger partial charge in [0.15, 0.2) is 0 Å². The number of sulfone groups is 1. The van der Waals surface area contributed by atoms with Crippen LogP contribution < -0.4 is 5.32 Å². The van der Waals surface area contributed by atoms with E-state index in [0.717, 1.165) is 11.3 Å². The van der Waals surface area contributed by atoms with Crippen LogP contribution in [-0.2, 0) is 16.4 Å². The minimum atomic E-state index is -3.80. The molecule has 0 bridgehead atoms. The molecule has 0 atom stereocenters. The van der Waals surface area contributed by atoms with Crippen LogP contribution in [0.2, 0.25) is 0 Å². The second-order valence-corrected chi connectivity index (χ2v) is 10.5. The lowest BCUT2D eigenvalue weighted by Crippen LogP contribution is -2.18. The Bertz CT molecular complexity index is 1120. The van der Waals surface area contributed by atoms with Gasteiger partial charge >= 0.3 is 0 Å². The van der Waals surface area contributed by atoms with Crippen molar-refractivity contribution in [1.29, 1.82) is 0 Å². The fourth-order valence-corrected chi connectivity index (χ4v) is 5.61. The smallest absolute Gasteiger partial charge is 0.266 e. The van der Waals surface area contributed by atoms with Gasteiger partial charge in [-0.1, -0.05) is 37.6 Å². The van der Waals surface area contributed by atoms with Crippen LogP contribution in [0.1, 0.15) is 40.3 Å². The van der Waals surface area contributed by atoms with E-state index < -0.39 is 9.84 Å². The van der Waals surface area contributed by atoms with E-state index in [4.69, 9.17) is 0 Å². The molecule has 0 spiro atoms. The topological polar surface area (TPSA) is 68.2 Å². The molecule has 3 rings (SSSR count). The van der Waals surface area contributed by atoms with E-state index in [2.05, 4.69) is 19.2 Å². The van der Waals surface area contributed by atoms with Gasteiger partial charge in [0.25, 0.3) is 5.91 Å². The van der Waals surface area contributed by atoms with Crippen molar-refractivity contribution in [2.45, 2.75) is 51.0 Å². The fraction of sp³-hybridized carbons (Fsp3) is 0.318. The van der Waals surface area contributed by atoms with Gasteiger partial charge in [-0.3, -0.25) is 4.79 Å². The van der Waals surface area contributed by atoms with Crippen molar-refractivity contribution in [3.05, 3.63) is 63.5 Å². The van der Waals surface area contributed by atoms with E-state index in [9.17, 15) is 13.2 Å². The van der Waals surface area contributed by atoms with E-state index >= 15 is 0 Å². The van der Waals surface area contributed by atoms with Crippen LogP contribution >= 0.6 is 11.3 Å². The normalized spacial score (nSPS) is 11.8. The number of aryl methyl sites for hydroxylation is 1. The number of carbonyl (C=O) groups excluding carboxylic acids is 1. The number of carbonyl (C=O) groups is 1. The molecule has 0 aliphatic heterocycles. The Morgan fingerprint density at radius 3 is 2.31 bits per heavy atom. The molecule has 154 valence electrons. The molecule has 0 radical (unpaired) electrons. The van der Waals surface area contributed by atoms with Crippen molar-refractivity contribution in [3.63, 3.8) is 0 Å². The van der Waals surface area contributed by atoms with Crippen LogP contribution in [0.15, 0.2) is 51.6 Å². The summed E-state index contributed by atoms with van der Waals surface area (Å²) < 4.78 is 29.0. The third-order valence-electron chi connectivity index (χ3n) is 4.90. The van der Waals surface area contributed by atoms with E-state index in [1.165, 1.54) is 11.3 Å². The summed E-state index contributed by atoms with van der Waals surface area (Å²) >= 11 is 1.32. The molecule has 5 nitrogen and oxygen atoms in total. The number of hydrogen-bond donors (Lipinski definition) is 1. The van der Waals surface area contributed by atoms with E-state index in [1.807, 2.05) is 23.8 Å². The highest BCUT2D eigenvalue weighted by atomic mass is 32.2. The molecular formula is C22H26N2O3S2. The maximum absolute atomic E-state index is 13.5. The zero-order valence-corrected chi connectivity index (χ0v) is 18.9. The summed E-state index contributed by atoms with van der Waals surface area (Å²) in [6.07, 6.45) is 0. The summed E-state index contributed by atoms with van der Waals surface area (Å²) in [4.78, 5) is 13.7. The third kappa shape index (κ3) is 4.16. The van der Waals surface area contributed by atoms with Crippen LogP contribution in [0, 0.1) is 26.7 Å². The first-order valence-corrected chi connectivity index (χ1v) is 11.9. The highest BCUT2D eigenvalue weighted by molar-refractivity contribution is 7.91. The summed E-state index contributed by atoms with van der Waals surface area (Å²) in [6, 6.07) is 10.3. The second kappa shape index (κ2) is 8.16. The summed E-state index contributed by atoms with van der Waals surface area (Å²) in [6.45, 7) is 10.3. The van der Waals surface area contributed by atoms with Crippen molar-refractivity contribution < 1.29 is 13.2 Å². The predicted octanol–water partition coefficient (Wildman–Crippen LogP) is 5.22. The van der Waals surface area contributed by atoms with E-state index in [0.29, 0.717) is 22.8 Å². The Morgan fingerprint density at radius 2 is 1.76 bits per heavy atom. The molecule has 0 unspecified atom stereocenters. The highest BCUT2D eigenvalue weighted by Gasteiger charge is 2.31. The van der Waals surface area contributed by atoms with Gasteiger partial charge in [-0.25, -0.2) is 8.42 Å². The number of hydrogen-bond acceptors (Lipinski definition) is 4. The largest absolute Gasteiger partial charge is 0.330 e. The predicted molar refractivity (Wildman–Crippen MR) is 118 cm³/mol. The Balaban J connectivity index is 2.19. The SMILES string of the molecule is Cc1ccc(S(=O)(=O)c2c(C)c(C)n(CC(C)C)c2NC(=O)c2cccs2)cc1. The molecule has 0 aliphatic rings. The maximum Gasteiger partial charge on any atom is 0.266 e. The minimum Gasteiger partial charge on any atom is -0.330 e. The van der Waals surface area contributed by atoms with Gasteiger partial charge in [0.05, 0.1) is 9.77 Å². The Kier molecular flexibility index (Phi) is 6.00. The summed E-state index contributed by atoms with van der Waals surface area (Å²) in [5.74, 6) is 0.323. The first kappa shape index (κ1) is 21.3. The van der Waals surface area contributed by atoms with Crippen molar-refractivity contribution in [3.8, 4) is 0 Å². The Hall–Kier alpha value is -2.38. The third-order valence-corrected chi connectivity index (χ3v) is 7.70. The standard InChI is InChI=1S/C22H26N2O3S2/c1-14(2)13-24-17(5)16(4)20(21(24)23-22(25)19-7-6-12-28-19)29(26,27)18-10-8-15(3)9-11-18/h6-12,14H,13H2,1-5H3,(H,23,25). The van der Waals surface area contributed by atoms with E-state index in [1.54, 1.807) is 43.3 Å². The van der Waals surface area contributed by atoms with Gasteiger partial charge in [0, 0.05) is 12.2 Å². The number of nitrogens with zero attached hydrogens (tertiary/aromatic N) is 1. The molecule has 1 N–H and O–H groups in total. The summed E-state index contributed by atoms with van der Waals surface area (Å²) in [5.41, 5.74) is 2.49. The molecule has 29 heavy (non-hydrogen) atoms. The number of rotatable bonds is 6. The number of nitrogens with one attached hydrogen (secondary N) is 1. The first-order chi connectivity index (χ1) is 13.6. The molecule has 1 aromatic carbocycles. The van der Waals surface area contributed by atoms with Crippen molar-refractivity contribution in [2.24, 2.45) is 5.92 Å². The second-order valence-electron chi connectivity index (χ2n) is 7.64. The number of aromatic nitrogens is 1. The van der Waals surface area contributed by atoms with Crippen LogP contribution in [0.5, 0.6) is 0 Å². The molecule has 0 saturated heterocycles. The molecule has 0 aliphatic carbocycles. The van der Waals surface area contributed by atoms with Crippen molar-refractivity contribution in [2.75, 3.05) is 5.32 Å². The first-order valence-electron chi connectivity index (χ1n) is 9.49. The number of anilines is 1. The Morgan fingerprint density at radius 1 is 1.10 bits per heavy atom. The molecule has 3 aromatic rings. The van der Waals surface area contributed by atoms with E-state index in [-0.39, 0.29) is 21.6 Å². The molecule has 0 fully saturated rings. The van der Waals surface area contributed by atoms with Gasteiger partial charge < -0.3 is 9.88 Å². The molecular weight excluding hydrogens is 404 g/mol.